The van der Waals surface area contributed by atoms with E-state index in [1.54, 1.807) is 12.1 Å². The molecule has 0 fully saturated rings. The molecule has 0 aliphatic rings. The first-order valence-corrected chi connectivity index (χ1v) is 8.69. The standard InChI is InChI=1S/C15H24O6S/c1-12(13(2)21-11-9-16)20-10-3-4-14-5-7-15(8-6-14)22(17,18)19/h5-8,12-13,16H,3-4,9-11H2,1-2H3,(H,17,18,19)/t12-,13-/m1/s1. The van der Waals surface area contributed by atoms with E-state index >= 15 is 0 Å². The molecule has 2 N–H and O–H groups in total. The zero-order valence-corrected chi connectivity index (χ0v) is 13.8. The molecular weight excluding hydrogens is 308 g/mol. The quantitative estimate of drug-likeness (QED) is 0.500. The Kier molecular flexibility index (Phi) is 7.98. The van der Waals surface area contributed by atoms with E-state index in [0.29, 0.717) is 13.2 Å². The van der Waals surface area contributed by atoms with Gasteiger partial charge in [-0.3, -0.25) is 4.55 Å². The van der Waals surface area contributed by atoms with E-state index in [2.05, 4.69) is 0 Å². The fourth-order valence-electron chi connectivity index (χ4n) is 1.88. The average Bonchev–Trinajstić information content (AvgIpc) is 2.48. The molecule has 1 aromatic rings. The number of hydrogen-bond acceptors (Lipinski definition) is 5. The molecule has 0 bridgehead atoms. The number of aliphatic hydroxyl groups excluding tert-OH is 1. The highest BCUT2D eigenvalue weighted by Crippen LogP contribution is 2.12. The van der Waals surface area contributed by atoms with Gasteiger partial charge in [0.1, 0.15) is 0 Å². The van der Waals surface area contributed by atoms with Crippen molar-refractivity contribution in [2.24, 2.45) is 0 Å². The highest BCUT2D eigenvalue weighted by atomic mass is 32.2. The van der Waals surface area contributed by atoms with Gasteiger partial charge < -0.3 is 14.6 Å². The van der Waals surface area contributed by atoms with E-state index in [9.17, 15) is 8.42 Å². The van der Waals surface area contributed by atoms with E-state index in [-0.39, 0.29) is 23.7 Å². The largest absolute Gasteiger partial charge is 0.394 e. The van der Waals surface area contributed by atoms with Gasteiger partial charge in [-0.15, -0.1) is 0 Å². The second-order valence-corrected chi connectivity index (χ2v) is 6.52. The lowest BCUT2D eigenvalue weighted by molar-refractivity contribution is -0.0635. The van der Waals surface area contributed by atoms with Crippen LogP contribution in [0.1, 0.15) is 25.8 Å². The van der Waals surface area contributed by atoms with E-state index in [1.165, 1.54) is 12.1 Å². The fraction of sp³-hybridized carbons (Fsp3) is 0.600. The summed E-state index contributed by atoms with van der Waals surface area (Å²) in [6.07, 6.45) is 1.40. The van der Waals surface area contributed by atoms with Gasteiger partial charge in [0, 0.05) is 6.61 Å². The highest BCUT2D eigenvalue weighted by molar-refractivity contribution is 7.85. The first-order valence-electron chi connectivity index (χ1n) is 7.25. The van der Waals surface area contributed by atoms with Crippen LogP contribution in [-0.2, 0) is 26.0 Å². The van der Waals surface area contributed by atoms with Gasteiger partial charge in [0.05, 0.1) is 30.3 Å². The number of benzene rings is 1. The first kappa shape index (κ1) is 19.1. The first-order chi connectivity index (χ1) is 10.3. The zero-order chi connectivity index (χ0) is 16.6. The second-order valence-electron chi connectivity index (χ2n) is 5.10. The third kappa shape index (κ3) is 6.85. The molecule has 2 atom stereocenters. The van der Waals surface area contributed by atoms with Crippen molar-refractivity contribution in [1.82, 2.24) is 0 Å². The Morgan fingerprint density at radius 3 is 2.09 bits per heavy atom. The molecule has 0 saturated carbocycles. The Morgan fingerprint density at radius 2 is 1.59 bits per heavy atom. The summed E-state index contributed by atoms with van der Waals surface area (Å²) in [6.45, 7) is 4.68. The number of ether oxygens (including phenoxy) is 2. The maximum Gasteiger partial charge on any atom is 0.294 e. The lowest BCUT2D eigenvalue weighted by atomic mass is 10.1. The summed E-state index contributed by atoms with van der Waals surface area (Å²) in [6, 6.07) is 6.14. The molecule has 0 aliphatic heterocycles. The highest BCUT2D eigenvalue weighted by Gasteiger charge is 2.12. The van der Waals surface area contributed by atoms with Crippen molar-refractivity contribution < 1.29 is 27.6 Å². The van der Waals surface area contributed by atoms with Crippen LogP contribution in [0.2, 0.25) is 0 Å². The minimum absolute atomic E-state index is 0.00336. The van der Waals surface area contributed by atoms with E-state index < -0.39 is 10.1 Å². The van der Waals surface area contributed by atoms with Crippen molar-refractivity contribution in [3.05, 3.63) is 29.8 Å². The molecule has 0 aliphatic carbocycles. The molecular formula is C15H24O6S. The Hall–Kier alpha value is -0.990. The monoisotopic (exact) mass is 332 g/mol. The van der Waals surface area contributed by atoms with Crippen LogP contribution in [-0.4, -0.2) is 50.1 Å². The third-order valence-corrected chi connectivity index (χ3v) is 4.21. The van der Waals surface area contributed by atoms with Crippen molar-refractivity contribution >= 4 is 10.1 Å². The Bertz CT molecular complexity index is 525. The smallest absolute Gasteiger partial charge is 0.294 e. The van der Waals surface area contributed by atoms with E-state index in [1.807, 2.05) is 13.8 Å². The van der Waals surface area contributed by atoms with Crippen LogP contribution in [0, 0.1) is 0 Å². The molecule has 22 heavy (non-hydrogen) atoms. The maximum atomic E-state index is 10.9. The molecule has 0 spiro atoms. The molecule has 1 aromatic carbocycles. The number of aliphatic hydroxyl groups is 1. The van der Waals surface area contributed by atoms with Crippen molar-refractivity contribution in [1.29, 1.82) is 0 Å². The lowest BCUT2D eigenvalue weighted by Gasteiger charge is -2.20. The van der Waals surface area contributed by atoms with Crippen LogP contribution < -0.4 is 0 Å². The second kappa shape index (κ2) is 9.22. The average molecular weight is 332 g/mol. The van der Waals surface area contributed by atoms with Gasteiger partial charge in [-0.1, -0.05) is 12.1 Å². The SMILES string of the molecule is C[C@@H](OCCO)[C@@H](C)OCCCc1ccc(S(=O)(=O)O)cc1. The molecule has 6 nitrogen and oxygen atoms in total. The topological polar surface area (TPSA) is 93.1 Å². The van der Waals surface area contributed by atoms with Crippen LogP contribution >= 0.6 is 0 Å². The van der Waals surface area contributed by atoms with Gasteiger partial charge in [-0.2, -0.15) is 8.42 Å². The summed E-state index contributed by atoms with van der Waals surface area (Å²) in [5.74, 6) is 0. The summed E-state index contributed by atoms with van der Waals surface area (Å²) in [5, 5.41) is 8.69. The zero-order valence-electron chi connectivity index (χ0n) is 12.9. The molecule has 0 aromatic heterocycles. The Morgan fingerprint density at radius 1 is 1.05 bits per heavy atom. The Balaban J connectivity index is 2.30. The van der Waals surface area contributed by atoms with Gasteiger partial charge in [0.25, 0.3) is 10.1 Å². The number of rotatable bonds is 10. The Labute approximate surface area is 131 Å². The molecule has 1 rings (SSSR count). The van der Waals surface area contributed by atoms with E-state index in [0.717, 1.165) is 18.4 Å². The summed E-state index contributed by atoms with van der Waals surface area (Å²) in [4.78, 5) is -0.101. The predicted molar refractivity (Wildman–Crippen MR) is 82.5 cm³/mol. The van der Waals surface area contributed by atoms with Gasteiger partial charge in [-0.05, 0) is 44.4 Å². The number of hydrogen-bond donors (Lipinski definition) is 2. The predicted octanol–water partition coefficient (Wildman–Crippen LogP) is 1.67. The minimum Gasteiger partial charge on any atom is -0.394 e. The lowest BCUT2D eigenvalue weighted by Crippen LogP contribution is -2.27. The fourth-order valence-corrected chi connectivity index (χ4v) is 2.36. The maximum absolute atomic E-state index is 10.9. The molecule has 0 radical (unpaired) electrons. The summed E-state index contributed by atoms with van der Waals surface area (Å²) in [7, 11) is -4.13. The van der Waals surface area contributed by atoms with Crippen molar-refractivity contribution in [2.45, 2.75) is 43.8 Å². The van der Waals surface area contributed by atoms with Crippen molar-refractivity contribution in [3.63, 3.8) is 0 Å². The summed E-state index contributed by atoms with van der Waals surface area (Å²) < 4.78 is 41.8. The molecule has 0 amide bonds. The normalized spacial score (nSPS) is 14.7. The van der Waals surface area contributed by atoms with Crippen molar-refractivity contribution in [2.75, 3.05) is 19.8 Å². The van der Waals surface area contributed by atoms with Crippen LogP contribution in [0.4, 0.5) is 0 Å². The van der Waals surface area contributed by atoms with Crippen LogP contribution in [0.25, 0.3) is 0 Å². The molecule has 7 heteroatoms. The van der Waals surface area contributed by atoms with Crippen LogP contribution in [0.3, 0.4) is 0 Å². The van der Waals surface area contributed by atoms with Gasteiger partial charge >= 0.3 is 0 Å². The van der Waals surface area contributed by atoms with E-state index in [4.69, 9.17) is 19.1 Å². The van der Waals surface area contributed by atoms with Gasteiger partial charge in [-0.25, -0.2) is 0 Å². The summed E-state index contributed by atoms with van der Waals surface area (Å²) in [5.41, 5.74) is 0.980. The van der Waals surface area contributed by atoms with Gasteiger partial charge in [0.15, 0.2) is 0 Å². The molecule has 0 saturated heterocycles. The molecule has 0 heterocycles. The van der Waals surface area contributed by atoms with Crippen molar-refractivity contribution in [3.8, 4) is 0 Å². The number of aryl methyl sites for hydroxylation is 1. The molecule has 0 unspecified atom stereocenters. The minimum atomic E-state index is -4.13. The third-order valence-electron chi connectivity index (χ3n) is 3.34. The molecule has 126 valence electrons. The summed E-state index contributed by atoms with van der Waals surface area (Å²) >= 11 is 0. The van der Waals surface area contributed by atoms with Crippen LogP contribution in [0.5, 0.6) is 0 Å². The van der Waals surface area contributed by atoms with Gasteiger partial charge in [0.2, 0.25) is 0 Å². The van der Waals surface area contributed by atoms with Crippen LogP contribution in [0.15, 0.2) is 29.2 Å².